The molecule has 4 aromatic heterocycles. The first-order valence-corrected chi connectivity index (χ1v) is 21.7. The van der Waals surface area contributed by atoms with E-state index in [1.54, 1.807) is 65.9 Å². The number of carbonyl (C=O) groups excluding carboxylic acids is 4. The predicted octanol–water partition coefficient (Wildman–Crippen LogP) is 8.14. The van der Waals surface area contributed by atoms with Gasteiger partial charge in [-0.2, -0.15) is 0 Å². The Morgan fingerprint density at radius 1 is 0.723 bits per heavy atom. The number of pyridine rings is 4. The number of hydrogen-bond donors (Lipinski definition) is 1. The van der Waals surface area contributed by atoms with E-state index in [0.717, 1.165) is 9.69 Å². The summed E-state index contributed by atoms with van der Waals surface area (Å²) in [5.74, 6) is -0.796. The minimum Gasteiger partial charge on any atom is -0.632 e. The molecule has 0 spiro atoms. The van der Waals surface area contributed by atoms with Crippen LogP contribution in [0, 0.1) is 7.43 Å². The number of rotatable bonds is 7. The van der Waals surface area contributed by atoms with Gasteiger partial charge in [0.15, 0.2) is 22.9 Å². The quantitative estimate of drug-likeness (QED) is 0.0347. The van der Waals surface area contributed by atoms with Crippen molar-refractivity contribution in [2.24, 2.45) is 0 Å². The van der Waals surface area contributed by atoms with Gasteiger partial charge in [-0.15, -0.1) is 0 Å². The molecule has 0 bridgehead atoms. The summed E-state index contributed by atoms with van der Waals surface area (Å²) in [4.78, 5) is 61.7. The summed E-state index contributed by atoms with van der Waals surface area (Å²) in [6, 6.07) is 6.89. The Bertz CT molecular complexity index is 2210. The Morgan fingerprint density at radius 2 is 1.06 bits per heavy atom. The number of alkyl halides is 1. The fraction of sp³-hybridized carbons (Fsp3) is 0.417. The molecule has 4 rings (SSSR count). The molecule has 0 aromatic carbocycles. The summed E-state index contributed by atoms with van der Waals surface area (Å²) in [5.41, 5.74) is 12.6. The average Bonchev–Trinajstić information content (AvgIpc) is 3.19. The van der Waals surface area contributed by atoms with Crippen molar-refractivity contribution in [1.29, 1.82) is 0 Å². The summed E-state index contributed by atoms with van der Waals surface area (Å²) in [7, 11) is 3.34. The second-order valence-corrected chi connectivity index (χ2v) is 15.2. The van der Waals surface area contributed by atoms with Crippen LogP contribution in [-0.4, -0.2) is 103 Å². The molecule has 3 N–H and O–H groups in total. The van der Waals surface area contributed by atoms with E-state index in [4.69, 9.17) is 20.9 Å². The van der Waals surface area contributed by atoms with Crippen molar-refractivity contribution in [3.63, 3.8) is 0 Å². The second-order valence-electron chi connectivity index (χ2n) is 12.5. The van der Waals surface area contributed by atoms with Crippen LogP contribution < -0.4 is 18.5 Å². The zero-order chi connectivity index (χ0) is 47.8. The molecule has 0 saturated heterocycles. The van der Waals surface area contributed by atoms with Gasteiger partial charge in [-0.3, -0.25) is 19.6 Å². The van der Waals surface area contributed by atoms with Gasteiger partial charge < -0.3 is 73.2 Å². The number of carbonyl (C=O) groups is 4. The smallest absolute Gasteiger partial charge is 0.360 e. The normalized spacial score (nSPS) is 9.62. The maximum absolute atomic E-state index is 11.8. The Hall–Kier alpha value is -2.14. The van der Waals surface area contributed by atoms with Crippen LogP contribution in [0.4, 0.5) is 15.4 Å². The maximum Gasteiger partial charge on any atom is 0.360 e. The maximum atomic E-state index is 11.8. The zero-order valence-corrected chi connectivity index (χ0v) is 50.5. The first-order valence-electron chi connectivity index (χ1n) is 16.6. The molecule has 0 saturated carbocycles. The number of fused-ring (bicyclic) bond motifs is 2. The fourth-order valence-electron chi connectivity index (χ4n) is 3.89. The number of halogens is 2. The number of anilines is 1. The van der Waals surface area contributed by atoms with Crippen LogP contribution in [0.2, 0.25) is 0 Å². The summed E-state index contributed by atoms with van der Waals surface area (Å²) in [6.45, 7) is 10.3. The molecule has 0 unspecified atom stereocenters. The van der Waals surface area contributed by atoms with E-state index in [9.17, 15) is 36.0 Å². The Labute approximate surface area is 467 Å². The second kappa shape index (κ2) is 37.8. The van der Waals surface area contributed by atoms with Gasteiger partial charge in [0.25, 0.3) is 0 Å². The molecule has 65 heavy (non-hydrogen) atoms. The topological polar surface area (TPSA) is 306 Å². The third-order valence-corrected chi connectivity index (χ3v) is 7.58. The number of ether oxygens (including phenoxy) is 6. The number of methoxy groups -OCH3 is 4. The fourth-order valence-corrected chi connectivity index (χ4v) is 4.67. The first kappa shape index (κ1) is 74.4. The van der Waals surface area contributed by atoms with Crippen LogP contribution in [0.5, 0.6) is 11.5 Å². The van der Waals surface area contributed by atoms with Crippen molar-refractivity contribution >= 4 is 112 Å². The molecule has 29 heteroatoms. The summed E-state index contributed by atoms with van der Waals surface area (Å²) < 4.78 is 72.8. The van der Waals surface area contributed by atoms with Gasteiger partial charge in [0.2, 0.25) is 12.2 Å². The molecule has 2 amide bonds. The van der Waals surface area contributed by atoms with Crippen LogP contribution in [0.25, 0.3) is 33.3 Å². The SMILES string of the molecule is CC(C)(C)OC([NH-])=O.CC(C)(C)OC([NH-])=O.CI.CN[S-](=O)=O.COC(=O)c1nc(Br)c2cccnc2c1OC.COC(=O)c1nc(N(C)[S-](=O)=O)c2cccnc2c1OC.[CH3-].[V].[Y].[Y]. The third-order valence-electron chi connectivity index (χ3n) is 6.02. The number of nitrogens with one attached hydrogen (secondary N) is 3. The van der Waals surface area contributed by atoms with Crippen LogP contribution in [0.3, 0.4) is 0 Å². The monoisotopic (exact) mass is 1320 g/mol. The van der Waals surface area contributed by atoms with Gasteiger partial charge >= 0.3 is 11.9 Å². The van der Waals surface area contributed by atoms with E-state index in [1.165, 1.54) is 48.7 Å². The van der Waals surface area contributed by atoms with Gasteiger partial charge in [-0.1, -0.05) is 22.6 Å². The number of amides is 2. The third kappa shape index (κ3) is 28.7. The van der Waals surface area contributed by atoms with E-state index in [-0.39, 0.29) is 114 Å². The van der Waals surface area contributed by atoms with Crippen molar-refractivity contribution in [2.45, 2.75) is 52.7 Å². The Balaban J connectivity index is -0.000000177. The van der Waals surface area contributed by atoms with Crippen LogP contribution >= 0.6 is 38.5 Å². The molecule has 0 aliphatic carbocycles. The van der Waals surface area contributed by atoms with E-state index in [0.29, 0.717) is 26.8 Å². The van der Waals surface area contributed by atoms with Gasteiger partial charge in [-0.25, -0.2) is 19.6 Å². The molecule has 0 aliphatic heterocycles. The summed E-state index contributed by atoms with van der Waals surface area (Å²) >= 11 is 5.44. The van der Waals surface area contributed by atoms with Crippen molar-refractivity contribution < 1.29 is 148 Å². The van der Waals surface area contributed by atoms with Gasteiger partial charge in [0.1, 0.15) is 32.7 Å². The molecule has 4 heterocycles. The van der Waals surface area contributed by atoms with E-state index < -0.39 is 57.1 Å². The minimum atomic E-state index is -2.55. The van der Waals surface area contributed by atoms with Crippen molar-refractivity contribution in [2.75, 3.05) is 51.8 Å². The molecule has 0 fully saturated rings. The van der Waals surface area contributed by atoms with E-state index in [2.05, 4.69) is 77.4 Å². The van der Waals surface area contributed by atoms with Crippen molar-refractivity contribution in [3.8, 4) is 11.5 Å². The van der Waals surface area contributed by atoms with Crippen LogP contribution in [0.15, 0.2) is 41.3 Å². The van der Waals surface area contributed by atoms with Crippen molar-refractivity contribution in [1.82, 2.24) is 24.7 Å². The standard InChI is InChI=1S/C12H12N3O5S.C11H9BrN2O3.2C5H11NO2.CH3I.CH4NO2S.CH3.V.2Y/c1-15(21(17)18)11-7-5-4-6-13-8(7)10(19-2)9(14-11)12(16)20-3;1-16-9-7-6(4-3-5-13-7)10(12)14-8(9)11(15)17-2;2*1-5(2,3)8-4(6)7;1-2;1-2-5(3)4;;;;/h4-6H,1-3H3;3-5H,1-2H3;2*1-3H3,(H2,6,7);1H3;1H3,(H,2,3,4);1H3;;;/q-1;;;;;2*-1;;;/p-2. The number of esters is 2. The molecule has 4 aromatic rings. The van der Waals surface area contributed by atoms with Crippen LogP contribution in [0.1, 0.15) is 62.5 Å². The predicted molar refractivity (Wildman–Crippen MR) is 245 cm³/mol. The molecule has 22 nitrogen and oxygen atoms in total. The first-order chi connectivity index (χ1) is 28.3. The van der Waals surface area contributed by atoms with E-state index in [1.807, 2.05) is 15.7 Å². The van der Waals surface area contributed by atoms with Crippen molar-refractivity contribution in [3.05, 3.63) is 71.5 Å². The van der Waals surface area contributed by atoms with Crippen LogP contribution in [-0.2, 0) is 142 Å². The van der Waals surface area contributed by atoms with Gasteiger partial charge in [-0.05, 0) is 112 Å². The number of nitrogens with zero attached hydrogens (tertiary/aromatic N) is 5. The van der Waals surface area contributed by atoms with Gasteiger partial charge in [0, 0.05) is 118 Å². The molecule has 0 atom stereocenters. The molecule has 361 valence electrons. The molecular weight excluding hydrogens is 1270 g/mol. The van der Waals surface area contributed by atoms with E-state index >= 15 is 0 Å². The zero-order valence-electron chi connectivity index (χ0n) is 38.1. The molecule has 3 radical (unpaired) electrons. The summed E-state index contributed by atoms with van der Waals surface area (Å²) in [6.07, 6.45) is 1.18. The van der Waals surface area contributed by atoms with Gasteiger partial charge in [0.05, 0.1) is 28.4 Å². The largest absolute Gasteiger partial charge is 0.632 e. The number of hydrogen-bond acceptors (Lipinski definition) is 20. The Kier molecular flexibility index (Phi) is 43.3. The molecular formula is C36H51BrIN8O14S2VY2-5. The minimum absolute atomic E-state index is 0. The summed E-state index contributed by atoms with van der Waals surface area (Å²) in [5, 5.41) is 1.21. The average molecular weight is 1320 g/mol. The number of aromatic nitrogens is 4. The molecule has 0 aliphatic rings. The Morgan fingerprint density at radius 3 is 1.34 bits per heavy atom.